The van der Waals surface area contributed by atoms with Gasteiger partial charge < -0.3 is 14.6 Å². The predicted octanol–water partition coefficient (Wildman–Crippen LogP) is 4.08. The standard InChI is InChI=1S/C25H23N3O3/c1-17-8-9-19-12-21(24(29)27-23(19)11-17)16-28(15-18-5-4-10-26-14-18)25(30)20-6-3-7-22(13-20)31-2/h3-14H,15-16H2,1-2H3,(H,27,29). The Bertz CT molecular complexity index is 1280. The highest BCUT2D eigenvalue weighted by Gasteiger charge is 2.19. The molecular weight excluding hydrogens is 390 g/mol. The van der Waals surface area contributed by atoms with E-state index < -0.39 is 0 Å². The number of aryl methyl sites for hydroxylation is 1. The molecule has 6 heteroatoms. The fraction of sp³-hybridized carbons (Fsp3) is 0.160. The lowest BCUT2D eigenvalue weighted by Crippen LogP contribution is -2.32. The number of carbonyl (C=O) groups excluding carboxylic acids is 1. The first-order valence-corrected chi connectivity index (χ1v) is 9.98. The monoisotopic (exact) mass is 413 g/mol. The number of hydrogen-bond donors (Lipinski definition) is 1. The second-order valence-electron chi connectivity index (χ2n) is 7.47. The van der Waals surface area contributed by atoms with Crippen molar-refractivity contribution < 1.29 is 9.53 Å². The molecule has 0 saturated heterocycles. The molecule has 0 unspecified atom stereocenters. The van der Waals surface area contributed by atoms with Crippen molar-refractivity contribution >= 4 is 16.8 Å². The summed E-state index contributed by atoms with van der Waals surface area (Å²) < 4.78 is 5.26. The second kappa shape index (κ2) is 8.83. The summed E-state index contributed by atoms with van der Waals surface area (Å²) in [6.07, 6.45) is 3.41. The van der Waals surface area contributed by atoms with Crippen LogP contribution in [0.2, 0.25) is 0 Å². The van der Waals surface area contributed by atoms with Gasteiger partial charge in [0.05, 0.1) is 13.7 Å². The first-order chi connectivity index (χ1) is 15.0. The van der Waals surface area contributed by atoms with E-state index in [4.69, 9.17) is 4.74 Å². The number of ether oxygens (including phenoxy) is 1. The Labute approximate surface area is 180 Å². The Morgan fingerprint density at radius 2 is 1.94 bits per heavy atom. The minimum absolute atomic E-state index is 0.171. The van der Waals surface area contributed by atoms with Gasteiger partial charge in [-0.05, 0) is 59.8 Å². The maximum atomic E-state index is 13.4. The molecule has 1 amide bonds. The van der Waals surface area contributed by atoms with Gasteiger partial charge in [-0.3, -0.25) is 14.6 Å². The highest BCUT2D eigenvalue weighted by atomic mass is 16.5. The summed E-state index contributed by atoms with van der Waals surface area (Å²) in [5.41, 5.74) is 3.56. The van der Waals surface area contributed by atoms with Crippen molar-refractivity contribution in [1.29, 1.82) is 0 Å². The molecule has 0 spiro atoms. The van der Waals surface area contributed by atoms with Crippen LogP contribution < -0.4 is 10.3 Å². The average molecular weight is 413 g/mol. The number of pyridine rings is 2. The van der Waals surface area contributed by atoms with Crippen molar-refractivity contribution in [2.45, 2.75) is 20.0 Å². The molecule has 4 aromatic rings. The number of fused-ring (bicyclic) bond motifs is 1. The van der Waals surface area contributed by atoms with Gasteiger partial charge in [0.25, 0.3) is 11.5 Å². The van der Waals surface area contributed by atoms with Crippen LogP contribution in [0.4, 0.5) is 0 Å². The number of carbonyl (C=O) groups is 1. The van der Waals surface area contributed by atoms with Crippen LogP contribution in [0.5, 0.6) is 5.75 Å². The Morgan fingerprint density at radius 3 is 2.71 bits per heavy atom. The Balaban J connectivity index is 1.71. The number of hydrogen-bond acceptors (Lipinski definition) is 4. The highest BCUT2D eigenvalue weighted by molar-refractivity contribution is 5.94. The van der Waals surface area contributed by atoms with E-state index in [1.807, 2.05) is 43.3 Å². The van der Waals surface area contributed by atoms with Crippen molar-refractivity contribution in [3.63, 3.8) is 0 Å². The highest BCUT2D eigenvalue weighted by Crippen LogP contribution is 2.19. The second-order valence-corrected chi connectivity index (χ2v) is 7.47. The van der Waals surface area contributed by atoms with E-state index in [1.54, 1.807) is 48.7 Å². The number of aromatic nitrogens is 2. The lowest BCUT2D eigenvalue weighted by atomic mass is 10.1. The Morgan fingerprint density at radius 1 is 1.06 bits per heavy atom. The predicted molar refractivity (Wildman–Crippen MR) is 120 cm³/mol. The third-order valence-corrected chi connectivity index (χ3v) is 5.14. The van der Waals surface area contributed by atoms with Crippen LogP contribution in [0.1, 0.15) is 27.0 Å². The van der Waals surface area contributed by atoms with Crippen molar-refractivity contribution in [2.75, 3.05) is 7.11 Å². The van der Waals surface area contributed by atoms with E-state index in [0.29, 0.717) is 23.4 Å². The molecule has 0 atom stereocenters. The quantitative estimate of drug-likeness (QED) is 0.517. The first kappa shape index (κ1) is 20.3. The van der Waals surface area contributed by atoms with Crippen LogP contribution >= 0.6 is 0 Å². The maximum Gasteiger partial charge on any atom is 0.254 e. The molecular formula is C25H23N3O3. The van der Waals surface area contributed by atoms with E-state index in [1.165, 1.54) is 0 Å². The van der Waals surface area contributed by atoms with Crippen molar-refractivity contribution in [1.82, 2.24) is 14.9 Å². The first-order valence-electron chi connectivity index (χ1n) is 9.98. The number of amides is 1. The molecule has 0 saturated carbocycles. The average Bonchev–Trinajstić information content (AvgIpc) is 2.79. The van der Waals surface area contributed by atoms with Gasteiger partial charge >= 0.3 is 0 Å². The van der Waals surface area contributed by atoms with E-state index in [-0.39, 0.29) is 18.0 Å². The number of H-pyrrole nitrogens is 1. The molecule has 0 aliphatic rings. The van der Waals surface area contributed by atoms with Gasteiger partial charge in [-0.25, -0.2) is 0 Å². The zero-order valence-corrected chi connectivity index (χ0v) is 17.5. The van der Waals surface area contributed by atoms with Gasteiger partial charge in [0.1, 0.15) is 5.75 Å². The van der Waals surface area contributed by atoms with Crippen LogP contribution in [-0.2, 0) is 13.1 Å². The van der Waals surface area contributed by atoms with Gasteiger partial charge in [-0.15, -0.1) is 0 Å². The fourth-order valence-electron chi connectivity index (χ4n) is 3.53. The zero-order valence-electron chi connectivity index (χ0n) is 17.5. The number of rotatable bonds is 6. The number of methoxy groups -OCH3 is 1. The molecule has 6 nitrogen and oxygen atoms in total. The lowest BCUT2D eigenvalue weighted by molar-refractivity contribution is 0.0729. The number of aromatic amines is 1. The summed E-state index contributed by atoms with van der Waals surface area (Å²) in [5.74, 6) is 0.414. The van der Waals surface area contributed by atoms with E-state index >= 15 is 0 Å². The van der Waals surface area contributed by atoms with E-state index in [9.17, 15) is 9.59 Å². The minimum atomic E-state index is -0.201. The number of nitrogens with one attached hydrogen (secondary N) is 1. The number of nitrogens with zero attached hydrogens (tertiary/aromatic N) is 2. The topological polar surface area (TPSA) is 75.3 Å². The summed E-state index contributed by atoms with van der Waals surface area (Å²) in [6.45, 7) is 2.48. The van der Waals surface area contributed by atoms with Crippen LogP contribution in [0.15, 0.2) is 77.9 Å². The molecule has 0 fully saturated rings. The smallest absolute Gasteiger partial charge is 0.254 e. The van der Waals surface area contributed by atoms with Crippen molar-refractivity contribution in [2.24, 2.45) is 0 Å². The van der Waals surface area contributed by atoms with E-state index in [2.05, 4.69) is 9.97 Å². The molecule has 156 valence electrons. The summed E-state index contributed by atoms with van der Waals surface area (Å²) in [7, 11) is 1.56. The van der Waals surface area contributed by atoms with Gasteiger partial charge in [0.2, 0.25) is 0 Å². The summed E-state index contributed by atoms with van der Waals surface area (Å²) >= 11 is 0. The number of benzene rings is 2. The summed E-state index contributed by atoms with van der Waals surface area (Å²) in [6, 6.07) is 18.5. The normalized spacial score (nSPS) is 10.8. The van der Waals surface area contributed by atoms with Crippen LogP contribution in [0, 0.1) is 6.92 Å². The van der Waals surface area contributed by atoms with Crippen molar-refractivity contribution in [3.8, 4) is 5.75 Å². The largest absolute Gasteiger partial charge is 0.497 e. The minimum Gasteiger partial charge on any atom is -0.497 e. The third-order valence-electron chi connectivity index (χ3n) is 5.14. The zero-order chi connectivity index (χ0) is 21.8. The molecule has 0 aliphatic heterocycles. The van der Waals surface area contributed by atoms with Gasteiger partial charge in [-0.2, -0.15) is 0 Å². The molecule has 2 aromatic carbocycles. The van der Waals surface area contributed by atoms with Gasteiger partial charge in [-0.1, -0.05) is 24.3 Å². The van der Waals surface area contributed by atoms with Crippen LogP contribution in [-0.4, -0.2) is 27.9 Å². The Hall–Kier alpha value is -3.93. The summed E-state index contributed by atoms with van der Waals surface area (Å²) in [4.78, 5) is 34.9. The SMILES string of the molecule is COc1cccc(C(=O)N(Cc2cccnc2)Cc2cc3ccc(C)cc3[nH]c2=O)c1. The molecule has 0 bridgehead atoms. The van der Waals surface area contributed by atoms with Gasteiger partial charge in [0, 0.05) is 35.6 Å². The van der Waals surface area contributed by atoms with E-state index in [0.717, 1.165) is 22.0 Å². The molecule has 0 radical (unpaired) electrons. The van der Waals surface area contributed by atoms with Crippen LogP contribution in [0.25, 0.3) is 10.9 Å². The molecule has 1 N–H and O–H groups in total. The molecule has 2 aromatic heterocycles. The van der Waals surface area contributed by atoms with Crippen LogP contribution in [0.3, 0.4) is 0 Å². The lowest BCUT2D eigenvalue weighted by Gasteiger charge is -2.23. The van der Waals surface area contributed by atoms with Crippen molar-refractivity contribution in [3.05, 3.63) is 106 Å². The maximum absolute atomic E-state index is 13.4. The third kappa shape index (κ3) is 4.64. The molecule has 2 heterocycles. The molecule has 4 rings (SSSR count). The van der Waals surface area contributed by atoms with Gasteiger partial charge in [0.15, 0.2) is 0 Å². The Kier molecular flexibility index (Phi) is 5.80. The molecule has 31 heavy (non-hydrogen) atoms. The molecule has 0 aliphatic carbocycles. The summed E-state index contributed by atoms with van der Waals surface area (Å²) in [5, 5.41) is 0.926. The fourth-order valence-corrected chi connectivity index (χ4v) is 3.53.